The van der Waals surface area contributed by atoms with Gasteiger partial charge >= 0.3 is 5.97 Å². The van der Waals surface area contributed by atoms with Crippen molar-refractivity contribution in [1.82, 2.24) is 14.7 Å². The number of morpholine rings is 1. The minimum Gasteiger partial charge on any atom is -0.481 e. The Labute approximate surface area is 170 Å². The summed E-state index contributed by atoms with van der Waals surface area (Å²) in [6.45, 7) is 6.87. The zero-order valence-corrected chi connectivity index (χ0v) is 16.8. The van der Waals surface area contributed by atoms with Crippen LogP contribution in [0.5, 0.6) is 0 Å². The summed E-state index contributed by atoms with van der Waals surface area (Å²) in [4.78, 5) is 14.7. The van der Waals surface area contributed by atoms with Crippen molar-refractivity contribution >= 4 is 5.97 Å². The van der Waals surface area contributed by atoms with E-state index in [-0.39, 0.29) is 11.7 Å². The molecule has 2 aliphatic rings. The van der Waals surface area contributed by atoms with E-state index in [2.05, 4.69) is 10.00 Å². The fraction of sp³-hybridized carbons (Fsp3) is 0.545. The van der Waals surface area contributed by atoms with Gasteiger partial charge < -0.3 is 9.84 Å². The van der Waals surface area contributed by atoms with Crippen molar-refractivity contribution in [3.63, 3.8) is 0 Å². The molecule has 2 atom stereocenters. The molecular formula is C22H28FN3O3. The SMILES string of the molecule is Cc1c(F)cccc1C1(C(=O)O)CCC(c2cnn(CCN3CCOCC3)c2)C1. The zero-order valence-electron chi connectivity index (χ0n) is 16.8. The summed E-state index contributed by atoms with van der Waals surface area (Å²) in [7, 11) is 0. The van der Waals surface area contributed by atoms with Crippen LogP contribution < -0.4 is 0 Å². The zero-order chi connectivity index (χ0) is 20.4. The van der Waals surface area contributed by atoms with E-state index >= 15 is 0 Å². The average Bonchev–Trinajstić information content (AvgIpc) is 3.37. The molecule has 6 nitrogen and oxygen atoms in total. The van der Waals surface area contributed by atoms with Gasteiger partial charge in [0.05, 0.1) is 31.4 Å². The first-order valence-electron chi connectivity index (χ1n) is 10.3. The van der Waals surface area contributed by atoms with Gasteiger partial charge in [0.2, 0.25) is 0 Å². The highest BCUT2D eigenvalue weighted by Gasteiger charge is 2.48. The molecule has 2 unspecified atom stereocenters. The normalized spacial score (nSPS) is 25.4. The first-order chi connectivity index (χ1) is 14.0. The molecule has 1 aromatic carbocycles. The fourth-order valence-electron chi connectivity index (χ4n) is 4.79. The largest absolute Gasteiger partial charge is 0.481 e. The summed E-state index contributed by atoms with van der Waals surface area (Å²) >= 11 is 0. The third-order valence-electron chi connectivity index (χ3n) is 6.58. The summed E-state index contributed by atoms with van der Waals surface area (Å²) < 4.78 is 21.4. The molecule has 2 aromatic rings. The lowest BCUT2D eigenvalue weighted by Crippen LogP contribution is -2.38. The number of rotatable bonds is 6. The highest BCUT2D eigenvalue weighted by molar-refractivity contribution is 5.82. The van der Waals surface area contributed by atoms with Gasteiger partial charge in [0.25, 0.3) is 0 Å². The number of carboxylic acid groups (broad SMARTS) is 1. The highest BCUT2D eigenvalue weighted by atomic mass is 19.1. The molecule has 1 aromatic heterocycles. The van der Waals surface area contributed by atoms with Crippen LogP contribution in [0.4, 0.5) is 4.39 Å². The van der Waals surface area contributed by atoms with Crippen molar-refractivity contribution in [1.29, 1.82) is 0 Å². The van der Waals surface area contributed by atoms with Gasteiger partial charge in [0.1, 0.15) is 5.82 Å². The molecule has 1 aliphatic heterocycles. The van der Waals surface area contributed by atoms with Crippen LogP contribution in [0.15, 0.2) is 30.6 Å². The van der Waals surface area contributed by atoms with Crippen molar-refractivity contribution < 1.29 is 19.0 Å². The molecule has 1 aliphatic carbocycles. The number of aliphatic carboxylic acids is 1. The first-order valence-corrected chi connectivity index (χ1v) is 10.3. The number of carbonyl (C=O) groups is 1. The summed E-state index contributed by atoms with van der Waals surface area (Å²) in [5.41, 5.74) is 1.08. The molecule has 7 heteroatoms. The van der Waals surface area contributed by atoms with E-state index in [1.165, 1.54) is 6.07 Å². The number of benzene rings is 1. The molecule has 156 valence electrons. The molecule has 29 heavy (non-hydrogen) atoms. The van der Waals surface area contributed by atoms with Gasteiger partial charge in [-0.05, 0) is 54.9 Å². The van der Waals surface area contributed by atoms with Crippen molar-refractivity contribution in [3.05, 3.63) is 53.1 Å². The second-order valence-electron chi connectivity index (χ2n) is 8.23. The van der Waals surface area contributed by atoms with E-state index in [4.69, 9.17) is 4.74 Å². The number of hydrogen-bond donors (Lipinski definition) is 1. The Balaban J connectivity index is 1.47. The van der Waals surface area contributed by atoms with Crippen LogP contribution >= 0.6 is 0 Å². The monoisotopic (exact) mass is 401 g/mol. The summed E-state index contributed by atoms with van der Waals surface area (Å²) in [6, 6.07) is 4.76. The van der Waals surface area contributed by atoms with Gasteiger partial charge in [-0.25, -0.2) is 4.39 Å². The molecule has 0 amide bonds. The van der Waals surface area contributed by atoms with Crippen molar-refractivity contribution in [2.75, 3.05) is 32.8 Å². The van der Waals surface area contributed by atoms with Gasteiger partial charge in [0, 0.05) is 25.8 Å². The van der Waals surface area contributed by atoms with E-state index in [0.717, 1.165) is 51.4 Å². The maximum atomic E-state index is 14.1. The maximum Gasteiger partial charge on any atom is 0.314 e. The van der Waals surface area contributed by atoms with Gasteiger partial charge in [-0.2, -0.15) is 5.10 Å². The topological polar surface area (TPSA) is 67.6 Å². The number of nitrogens with zero attached hydrogens (tertiary/aromatic N) is 3. The van der Waals surface area contributed by atoms with Crippen LogP contribution in [0, 0.1) is 12.7 Å². The van der Waals surface area contributed by atoms with Gasteiger partial charge in [-0.1, -0.05) is 12.1 Å². The Hall–Kier alpha value is -2.25. The molecule has 0 bridgehead atoms. The number of ether oxygens (including phenoxy) is 1. The van der Waals surface area contributed by atoms with Crippen LogP contribution in [0.3, 0.4) is 0 Å². The van der Waals surface area contributed by atoms with Gasteiger partial charge in [-0.15, -0.1) is 0 Å². The van der Waals surface area contributed by atoms with E-state index in [1.54, 1.807) is 19.1 Å². The molecule has 0 radical (unpaired) electrons. The Morgan fingerprint density at radius 1 is 1.34 bits per heavy atom. The predicted octanol–water partition coefficient (Wildman–Crippen LogP) is 2.95. The molecule has 1 saturated heterocycles. The molecular weight excluding hydrogens is 373 g/mol. The lowest BCUT2D eigenvalue weighted by molar-refractivity contribution is -0.143. The molecule has 4 rings (SSSR count). The Bertz CT molecular complexity index is 878. The van der Waals surface area contributed by atoms with Gasteiger partial charge in [0.15, 0.2) is 0 Å². The van der Waals surface area contributed by atoms with E-state index in [1.807, 2.05) is 17.1 Å². The van der Waals surface area contributed by atoms with Crippen LogP contribution in [-0.4, -0.2) is 58.6 Å². The average molecular weight is 401 g/mol. The highest BCUT2D eigenvalue weighted by Crippen LogP contribution is 2.49. The standard InChI is InChI=1S/C22H28FN3O3/c1-16-19(3-2-4-20(16)23)22(21(27)28)6-5-17(13-22)18-14-24-26(15-18)8-7-25-9-11-29-12-10-25/h2-4,14-15,17H,5-13H2,1H3,(H,27,28). The van der Waals surface area contributed by atoms with Crippen molar-refractivity contribution in [2.45, 2.75) is 44.1 Å². The lowest BCUT2D eigenvalue weighted by atomic mass is 9.76. The quantitative estimate of drug-likeness (QED) is 0.806. The number of halogens is 1. The van der Waals surface area contributed by atoms with E-state index < -0.39 is 11.4 Å². The number of aromatic nitrogens is 2. The molecule has 0 spiro atoms. The van der Waals surface area contributed by atoms with Crippen molar-refractivity contribution in [2.24, 2.45) is 0 Å². The Morgan fingerprint density at radius 3 is 2.90 bits per heavy atom. The van der Waals surface area contributed by atoms with Crippen LogP contribution in [0.1, 0.15) is 41.9 Å². The second-order valence-corrected chi connectivity index (χ2v) is 8.23. The number of carboxylic acids is 1. The molecule has 2 fully saturated rings. The first kappa shape index (κ1) is 20.0. The maximum absolute atomic E-state index is 14.1. The fourth-order valence-corrected chi connectivity index (χ4v) is 4.79. The van der Waals surface area contributed by atoms with Crippen LogP contribution in [0.2, 0.25) is 0 Å². The second kappa shape index (κ2) is 8.24. The third kappa shape index (κ3) is 3.94. The lowest BCUT2D eigenvalue weighted by Gasteiger charge is -2.27. The summed E-state index contributed by atoms with van der Waals surface area (Å²) in [5, 5.41) is 14.6. The van der Waals surface area contributed by atoms with E-state index in [9.17, 15) is 14.3 Å². The van der Waals surface area contributed by atoms with Gasteiger partial charge in [-0.3, -0.25) is 14.4 Å². The predicted molar refractivity (Wildman–Crippen MR) is 107 cm³/mol. The molecule has 1 saturated carbocycles. The smallest absolute Gasteiger partial charge is 0.314 e. The number of hydrogen-bond acceptors (Lipinski definition) is 4. The summed E-state index contributed by atoms with van der Waals surface area (Å²) in [5.74, 6) is -1.10. The van der Waals surface area contributed by atoms with Crippen LogP contribution in [-0.2, 0) is 21.5 Å². The Kier molecular flexibility index (Phi) is 5.69. The Morgan fingerprint density at radius 2 is 2.14 bits per heavy atom. The molecule has 1 N–H and O–H groups in total. The van der Waals surface area contributed by atoms with Crippen LogP contribution in [0.25, 0.3) is 0 Å². The van der Waals surface area contributed by atoms with Crippen molar-refractivity contribution in [3.8, 4) is 0 Å². The minimum absolute atomic E-state index is 0.117. The third-order valence-corrected chi connectivity index (χ3v) is 6.58. The minimum atomic E-state index is -1.03. The summed E-state index contributed by atoms with van der Waals surface area (Å²) in [6.07, 6.45) is 5.65. The molecule has 2 heterocycles. The van der Waals surface area contributed by atoms with E-state index in [0.29, 0.717) is 24.0 Å².